The van der Waals surface area contributed by atoms with Crippen LogP contribution in [0.25, 0.3) is 0 Å². The molecule has 0 aliphatic carbocycles. The number of unbranched alkanes of at least 4 members (excludes halogenated alkanes) is 1. The summed E-state index contributed by atoms with van der Waals surface area (Å²) in [6.45, 7) is 1.88. The molecule has 0 aromatic heterocycles. The molecule has 0 saturated carbocycles. The number of carboxylic acid groups (broad SMARTS) is 2. The number of carbonyl (C=O) groups excluding carboxylic acids is 3. The molecule has 0 aromatic rings. The number of rotatable bonds is 9. The highest BCUT2D eigenvalue weighted by atomic mass is 16.5. The Morgan fingerprint density at radius 3 is 2.00 bits per heavy atom. The predicted octanol–water partition coefficient (Wildman–Crippen LogP) is -1.14. The normalized spacial score (nSPS) is 12.2. The second-order valence-electron chi connectivity index (χ2n) is 4.36. The van der Waals surface area contributed by atoms with Gasteiger partial charge in [0, 0.05) is 12.3 Å². The molecular weight excluding hydrogens is 240 g/mol. The van der Waals surface area contributed by atoms with E-state index in [1.54, 1.807) is 0 Å². The summed E-state index contributed by atoms with van der Waals surface area (Å²) in [5, 5.41) is 20.9. The predicted molar refractivity (Wildman–Crippen MR) is 57.8 cm³/mol. The van der Waals surface area contributed by atoms with E-state index in [9.17, 15) is 24.6 Å². The molecule has 0 fully saturated rings. The molecule has 6 nitrogen and oxygen atoms in total. The highest BCUT2D eigenvalue weighted by Crippen LogP contribution is 2.15. The van der Waals surface area contributed by atoms with Crippen LogP contribution in [0.1, 0.15) is 39.0 Å². The van der Waals surface area contributed by atoms with Crippen LogP contribution in [0, 0.1) is 11.8 Å². The monoisotopic (exact) mass is 258 g/mol. The summed E-state index contributed by atoms with van der Waals surface area (Å²) < 4.78 is 4.52. The Bertz CT molecular complexity index is 285. The van der Waals surface area contributed by atoms with Gasteiger partial charge in [-0.05, 0) is 12.3 Å². The number of hydrogen-bond donors (Lipinski definition) is 0. The van der Waals surface area contributed by atoms with Gasteiger partial charge in [0.2, 0.25) is 0 Å². The summed E-state index contributed by atoms with van der Waals surface area (Å²) in [6.07, 6.45) is 2.10. The van der Waals surface area contributed by atoms with Crippen molar-refractivity contribution in [2.75, 3.05) is 7.11 Å². The Morgan fingerprint density at radius 2 is 1.56 bits per heavy atom. The number of hydrogen-bond acceptors (Lipinski definition) is 6. The Labute approximate surface area is 106 Å². The van der Waals surface area contributed by atoms with E-state index in [4.69, 9.17) is 0 Å². The Balaban J connectivity index is 3.81. The molecule has 0 radical (unpaired) electrons. The molecule has 0 aromatic carbocycles. The Hall–Kier alpha value is -1.59. The average molecular weight is 258 g/mol. The molecule has 0 aliphatic heterocycles. The summed E-state index contributed by atoms with van der Waals surface area (Å²) in [6, 6.07) is 0. The minimum Gasteiger partial charge on any atom is -0.549 e. The smallest absolute Gasteiger partial charge is 0.305 e. The Kier molecular flexibility index (Phi) is 7.74. The largest absolute Gasteiger partial charge is 0.549 e. The highest BCUT2D eigenvalue weighted by molar-refractivity contribution is 5.90. The van der Waals surface area contributed by atoms with Gasteiger partial charge < -0.3 is 24.5 Å². The molecule has 1 unspecified atom stereocenters. The fraction of sp³-hybridized carbons (Fsp3) is 0.750. The highest BCUT2D eigenvalue weighted by Gasteiger charge is 2.12. The fourth-order valence-corrected chi connectivity index (χ4v) is 1.64. The van der Waals surface area contributed by atoms with Gasteiger partial charge in [-0.25, -0.2) is 0 Å². The lowest BCUT2D eigenvalue weighted by atomic mass is 9.96. The van der Waals surface area contributed by atoms with Gasteiger partial charge in [0.15, 0.2) is 0 Å². The lowest BCUT2D eigenvalue weighted by molar-refractivity contribution is -0.332. The van der Waals surface area contributed by atoms with Gasteiger partial charge in [-0.1, -0.05) is 26.2 Å². The van der Waals surface area contributed by atoms with Crippen molar-refractivity contribution in [2.24, 2.45) is 11.8 Å². The third-order valence-corrected chi connectivity index (χ3v) is 2.75. The van der Waals surface area contributed by atoms with Crippen molar-refractivity contribution < 1.29 is 29.3 Å². The third kappa shape index (κ3) is 6.88. The van der Waals surface area contributed by atoms with Crippen LogP contribution in [0.15, 0.2) is 0 Å². The molecule has 0 spiro atoms. The first-order valence-corrected chi connectivity index (χ1v) is 5.87. The Morgan fingerprint density at radius 1 is 1.06 bits per heavy atom. The first-order valence-electron chi connectivity index (χ1n) is 5.87. The van der Waals surface area contributed by atoms with E-state index in [1.165, 1.54) is 7.11 Å². The lowest BCUT2D eigenvalue weighted by Crippen LogP contribution is -2.43. The van der Waals surface area contributed by atoms with Gasteiger partial charge >= 0.3 is 5.97 Å². The van der Waals surface area contributed by atoms with Gasteiger partial charge in [0.1, 0.15) is 0 Å². The third-order valence-electron chi connectivity index (χ3n) is 2.75. The van der Waals surface area contributed by atoms with Crippen LogP contribution in [-0.2, 0) is 19.1 Å². The maximum atomic E-state index is 10.9. The van der Waals surface area contributed by atoms with Crippen molar-refractivity contribution in [3.63, 3.8) is 0 Å². The van der Waals surface area contributed by atoms with Gasteiger partial charge in [-0.15, -0.1) is 0 Å². The number of aliphatic carboxylic acids is 2. The van der Waals surface area contributed by atoms with Crippen molar-refractivity contribution in [1.82, 2.24) is 0 Å². The van der Waals surface area contributed by atoms with E-state index in [-0.39, 0.29) is 18.3 Å². The summed E-state index contributed by atoms with van der Waals surface area (Å²) in [5.74, 6) is -4.94. The van der Waals surface area contributed by atoms with Crippen molar-refractivity contribution in [2.45, 2.75) is 39.0 Å². The SMILES string of the molecule is COC(=O)CC(C)CCCCC(C(=O)[O-])C(=O)[O-]. The van der Waals surface area contributed by atoms with Crippen molar-refractivity contribution in [3.8, 4) is 0 Å². The molecule has 0 bridgehead atoms. The summed E-state index contributed by atoms with van der Waals surface area (Å²) >= 11 is 0. The van der Waals surface area contributed by atoms with Crippen LogP contribution in [-0.4, -0.2) is 25.0 Å². The van der Waals surface area contributed by atoms with E-state index >= 15 is 0 Å². The molecule has 104 valence electrons. The van der Waals surface area contributed by atoms with E-state index in [0.717, 1.165) is 0 Å². The van der Waals surface area contributed by atoms with E-state index < -0.39 is 17.9 Å². The maximum absolute atomic E-state index is 10.9. The van der Waals surface area contributed by atoms with Crippen LogP contribution in [0.4, 0.5) is 0 Å². The van der Waals surface area contributed by atoms with E-state index in [2.05, 4.69) is 4.74 Å². The van der Waals surface area contributed by atoms with E-state index in [1.807, 2.05) is 6.92 Å². The first-order chi connectivity index (χ1) is 8.38. The zero-order valence-corrected chi connectivity index (χ0v) is 10.6. The first kappa shape index (κ1) is 16.4. The fourth-order valence-electron chi connectivity index (χ4n) is 1.64. The molecule has 0 rings (SSSR count). The quantitative estimate of drug-likeness (QED) is 0.294. The second kappa shape index (κ2) is 8.49. The summed E-state index contributed by atoms with van der Waals surface area (Å²) in [4.78, 5) is 31.9. The lowest BCUT2D eigenvalue weighted by Gasteiger charge is -2.19. The van der Waals surface area contributed by atoms with Crippen LogP contribution in [0.2, 0.25) is 0 Å². The zero-order valence-electron chi connectivity index (χ0n) is 10.6. The number of ether oxygens (including phenoxy) is 1. The van der Waals surface area contributed by atoms with E-state index in [0.29, 0.717) is 25.7 Å². The minimum absolute atomic E-state index is 0.00435. The van der Waals surface area contributed by atoms with Crippen molar-refractivity contribution in [3.05, 3.63) is 0 Å². The van der Waals surface area contributed by atoms with Gasteiger partial charge in [0.25, 0.3) is 0 Å². The van der Waals surface area contributed by atoms with Gasteiger partial charge in [0.05, 0.1) is 19.0 Å². The minimum atomic E-state index is -1.61. The van der Waals surface area contributed by atoms with Crippen molar-refractivity contribution >= 4 is 17.9 Å². The number of carbonyl (C=O) groups is 3. The average Bonchev–Trinajstić information content (AvgIpc) is 2.27. The maximum Gasteiger partial charge on any atom is 0.305 e. The second-order valence-corrected chi connectivity index (χ2v) is 4.36. The van der Waals surface area contributed by atoms with Crippen molar-refractivity contribution in [1.29, 1.82) is 0 Å². The zero-order chi connectivity index (χ0) is 14.1. The number of esters is 1. The molecular formula is C12H18O6-2. The molecule has 0 N–H and O–H groups in total. The molecule has 0 heterocycles. The molecule has 0 amide bonds. The topological polar surface area (TPSA) is 107 Å². The molecule has 0 saturated heterocycles. The molecule has 18 heavy (non-hydrogen) atoms. The number of carboxylic acids is 2. The van der Waals surface area contributed by atoms with Crippen LogP contribution in [0.3, 0.4) is 0 Å². The summed E-state index contributed by atoms with van der Waals surface area (Å²) in [5.41, 5.74) is 0. The number of methoxy groups -OCH3 is 1. The summed E-state index contributed by atoms with van der Waals surface area (Å²) in [7, 11) is 1.32. The standard InChI is InChI=1S/C12H20O6/c1-8(7-10(13)18-2)5-3-4-6-9(11(14)15)12(16)17/h8-9H,3-7H2,1-2H3,(H,14,15)(H,16,17)/p-2. The van der Waals surface area contributed by atoms with Crippen LogP contribution >= 0.6 is 0 Å². The van der Waals surface area contributed by atoms with Crippen LogP contribution < -0.4 is 10.2 Å². The molecule has 6 heteroatoms. The molecule has 0 aliphatic rings. The van der Waals surface area contributed by atoms with Gasteiger partial charge in [-0.2, -0.15) is 0 Å². The van der Waals surface area contributed by atoms with Gasteiger partial charge in [-0.3, -0.25) is 4.79 Å². The molecule has 1 atom stereocenters. The van der Waals surface area contributed by atoms with Crippen LogP contribution in [0.5, 0.6) is 0 Å².